The van der Waals surface area contributed by atoms with E-state index in [0.717, 1.165) is 11.1 Å². The summed E-state index contributed by atoms with van der Waals surface area (Å²) in [4.78, 5) is 4.13. The molecule has 4 nitrogen and oxygen atoms in total. The van der Waals surface area contributed by atoms with Crippen molar-refractivity contribution < 1.29 is 8.91 Å². The smallest absolute Gasteiger partial charge is 0.230 e. The van der Waals surface area contributed by atoms with Gasteiger partial charge in [0.2, 0.25) is 5.88 Å². The van der Waals surface area contributed by atoms with Crippen LogP contribution in [0.1, 0.15) is 5.56 Å². The second-order valence-electron chi connectivity index (χ2n) is 4.53. The normalized spacial score (nSPS) is 10.7. The topological polar surface area (TPSA) is 64.9 Å². The summed E-state index contributed by atoms with van der Waals surface area (Å²) in [5, 5.41) is 3.97. The lowest BCUT2D eigenvalue weighted by molar-refractivity contribution is 0.439. The van der Waals surface area contributed by atoms with E-state index in [2.05, 4.69) is 10.1 Å². The van der Waals surface area contributed by atoms with Crippen LogP contribution in [0.4, 0.5) is 10.3 Å². The van der Waals surface area contributed by atoms with E-state index in [-0.39, 0.29) is 11.7 Å². The zero-order valence-corrected chi connectivity index (χ0v) is 10.8. The summed E-state index contributed by atoms with van der Waals surface area (Å²) in [6.45, 7) is 1.93. The molecule has 100 valence electrons. The zero-order valence-electron chi connectivity index (χ0n) is 10.8. The van der Waals surface area contributed by atoms with Crippen LogP contribution in [0.25, 0.3) is 22.4 Å². The van der Waals surface area contributed by atoms with Gasteiger partial charge in [0.15, 0.2) is 0 Å². The van der Waals surface area contributed by atoms with Crippen LogP contribution in [0.15, 0.2) is 47.2 Å². The Morgan fingerprint density at radius 2 is 2.00 bits per heavy atom. The highest BCUT2D eigenvalue weighted by Gasteiger charge is 2.18. The SMILES string of the molecule is Cc1cncc(-c2noc(N)c2-c2cccc(F)c2)c1. The van der Waals surface area contributed by atoms with Crippen LogP contribution in [0.5, 0.6) is 0 Å². The van der Waals surface area contributed by atoms with Gasteiger partial charge in [0, 0.05) is 18.0 Å². The molecule has 0 amide bonds. The molecular formula is C15H12FN3O. The first-order chi connectivity index (χ1) is 9.65. The van der Waals surface area contributed by atoms with Crippen LogP contribution in [-0.2, 0) is 0 Å². The number of nitrogens with zero attached hydrogens (tertiary/aromatic N) is 2. The largest absolute Gasteiger partial charge is 0.367 e. The number of aromatic nitrogens is 2. The molecule has 3 aromatic rings. The second-order valence-corrected chi connectivity index (χ2v) is 4.53. The second kappa shape index (κ2) is 4.77. The van der Waals surface area contributed by atoms with E-state index in [1.165, 1.54) is 12.1 Å². The number of pyridine rings is 1. The van der Waals surface area contributed by atoms with E-state index < -0.39 is 0 Å². The average Bonchev–Trinajstić information content (AvgIpc) is 2.80. The highest BCUT2D eigenvalue weighted by atomic mass is 19.1. The fourth-order valence-corrected chi connectivity index (χ4v) is 2.11. The van der Waals surface area contributed by atoms with Gasteiger partial charge in [-0.05, 0) is 36.2 Å². The molecule has 1 aromatic carbocycles. The number of rotatable bonds is 2. The molecule has 0 bridgehead atoms. The molecule has 0 saturated carbocycles. The van der Waals surface area contributed by atoms with E-state index in [1.807, 2.05) is 13.0 Å². The first-order valence-corrected chi connectivity index (χ1v) is 6.08. The van der Waals surface area contributed by atoms with Crippen molar-refractivity contribution in [3.05, 3.63) is 54.1 Å². The van der Waals surface area contributed by atoms with Gasteiger partial charge >= 0.3 is 0 Å². The maximum atomic E-state index is 13.4. The first-order valence-electron chi connectivity index (χ1n) is 6.08. The monoisotopic (exact) mass is 269 g/mol. The van der Waals surface area contributed by atoms with Crippen LogP contribution in [0, 0.1) is 12.7 Å². The van der Waals surface area contributed by atoms with Crippen LogP contribution in [-0.4, -0.2) is 10.1 Å². The lowest BCUT2D eigenvalue weighted by Crippen LogP contribution is -1.89. The van der Waals surface area contributed by atoms with Crippen molar-refractivity contribution in [3.63, 3.8) is 0 Å². The number of nitrogen functional groups attached to an aromatic ring is 1. The molecule has 5 heteroatoms. The number of hydrogen-bond donors (Lipinski definition) is 1. The van der Waals surface area contributed by atoms with E-state index >= 15 is 0 Å². The Balaban J connectivity index is 2.20. The summed E-state index contributed by atoms with van der Waals surface area (Å²) in [6.07, 6.45) is 3.42. The average molecular weight is 269 g/mol. The standard InChI is InChI=1S/C15H12FN3O/c1-9-5-11(8-18-7-9)14-13(15(17)20-19-14)10-3-2-4-12(16)6-10/h2-8H,17H2,1H3. The fraction of sp³-hybridized carbons (Fsp3) is 0.0667. The molecule has 20 heavy (non-hydrogen) atoms. The highest BCUT2D eigenvalue weighted by Crippen LogP contribution is 2.36. The lowest BCUT2D eigenvalue weighted by Gasteiger charge is -2.03. The molecule has 0 radical (unpaired) electrons. The Hall–Kier alpha value is -2.69. The zero-order chi connectivity index (χ0) is 14.1. The van der Waals surface area contributed by atoms with Gasteiger partial charge in [-0.2, -0.15) is 0 Å². The van der Waals surface area contributed by atoms with Crippen LogP contribution in [0.3, 0.4) is 0 Å². The van der Waals surface area contributed by atoms with Crippen molar-refractivity contribution in [1.29, 1.82) is 0 Å². The predicted octanol–water partition coefficient (Wildman–Crippen LogP) is 3.43. The number of nitrogens with two attached hydrogens (primary N) is 1. The van der Waals surface area contributed by atoms with E-state index in [9.17, 15) is 4.39 Å². The summed E-state index contributed by atoms with van der Waals surface area (Å²) in [5.41, 5.74) is 9.37. The Morgan fingerprint density at radius 3 is 2.75 bits per heavy atom. The minimum atomic E-state index is -0.337. The number of benzene rings is 1. The van der Waals surface area contributed by atoms with E-state index in [4.69, 9.17) is 10.3 Å². The summed E-state index contributed by atoms with van der Waals surface area (Å²) in [7, 11) is 0. The molecule has 0 saturated heterocycles. The third kappa shape index (κ3) is 2.14. The van der Waals surface area contributed by atoms with Gasteiger partial charge in [-0.1, -0.05) is 17.3 Å². The summed E-state index contributed by atoms with van der Waals surface area (Å²) in [6, 6.07) is 8.08. The third-order valence-corrected chi connectivity index (χ3v) is 2.98. The van der Waals surface area contributed by atoms with Gasteiger partial charge in [-0.15, -0.1) is 0 Å². The molecule has 3 rings (SSSR count). The van der Waals surface area contributed by atoms with Crippen LogP contribution in [0.2, 0.25) is 0 Å². The van der Waals surface area contributed by atoms with Gasteiger partial charge in [0.05, 0.1) is 5.56 Å². The predicted molar refractivity (Wildman–Crippen MR) is 74.3 cm³/mol. The molecule has 0 fully saturated rings. The number of hydrogen-bond acceptors (Lipinski definition) is 4. The molecule has 2 aromatic heterocycles. The van der Waals surface area contributed by atoms with Gasteiger partial charge in [-0.3, -0.25) is 4.98 Å². The Bertz CT molecular complexity index is 767. The van der Waals surface area contributed by atoms with Crippen molar-refractivity contribution in [2.45, 2.75) is 6.92 Å². The molecule has 2 heterocycles. The Kier molecular flexibility index (Phi) is 2.95. The van der Waals surface area contributed by atoms with E-state index in [1.54, 1.807) is 24.5 Å². The molecule has 0 spiro atoms. The van der Waals surface area contributed by atoms with Crippen molar-refractivity contribution in [3.8, 4) is 22.4 Å². The molecule has 0 atom stereocenters. The Labute approximate surface area is 115 Å². The quantitative estimate of drug-likeness (QED) is 0.774. The van der Waals surface area contributed by atoms with Crippen molar-refractivity contribution in [2.24, 2.45) is 0 Å². The summed E-state index contributed by atoms with van der Waals surface area (Å²) in [5.74, 6) is -0.177. The van der Waals surface area contributed by atoms with Gasteiger partial charge in [0.1, 0.15) is 11.5 Å². The fourth-order valence-electron chi connectivity index (χ4n) is 2.11. The maximum Gasteiger partial charge on any atom is 0.230 e. The molecule has 0 aliphatic carbocycles. The number of anilines is 1. The van der Waals surface area contributed by atoms with Crippen LogP contribution >= 0.6 is 0 Å². The summed E-state index contributed by atoms with van der Waals surface area (Å²) >= 11 is 0. The minimum absolute atomic E-state index is 0.159. The van der Waals surface area contributed by atoms with Crippen molar-refractivity contribution in [1.82, 2.24) is 10.1 Å². The minimum Gasteiger partial charge on any atom is -0.367 e. The van der Waals surface area contributed by atoms with Gasteiger partial charge in [-0.25, -0.2) is 4.39 Å². The lowest BCUT2D eigenvalue weighted by atomic mass is 10.0. The van der Waals surface area contributed by atoms with Crippen molar-refractivity contribution >= 4 is 5.88 Å². The molecule has 2 N–H and O–H groups in total. The summed E-state index contributed by atoms with van der Waals surface area (Å²) < 4.78 is 18.4. The third-order valence-electron chi connectivity index (χ3n) is 2.98. The molecular weight excluding hydrogens is 257 g/mol. The molecule has 0 aliphatic heterocycles. The van der Waals surface area contributed by atoms with Crippen LogP contribution < -0.4 is 5.73 Å². The number of aryl methyl sites for hydroxylation is 1. The Morgan fingerprint density at radius 1 is 1.15 bits per heavy atom. The number of halogens is 1. The maximum absolute atomic E-state index is 13.4. The molecule has 0 aliphatic rings. The van der Waals surface area contributed by atoms with Gasteiger partial charge in [0.25, 0.3) is 0 Å². The molecule has 0 unspecified atom stereocenters. The first kappa shape index (κ1) is 12.3. The van der Waals surface area contributed by atoms with Crippen molar-refractivity contribution in [2.75, 3.05) is 5.73 Å². The van der Waals surface area contributed by atoms with E-state index in [0.29, 0.717) is 16.8 Å². The highest BCUT2D eigenvalue weighted by molar-refractivity contribution is 5.86. The van der Waals surface area contributed by atoms with Gasteiger partial charge < -0.3 is 10.3 Å².